The standard InChI is InChI=1S/C25H16BrF6N3O2/c26-19-9-18(25(30,31)32)10-20(11-19)33-12-16-13-35(21-7-3-15(4-8-21)23(36)37)34-22(16)14-1-5-17(6-2-14)24(27,28)29/h1-11,13,33H,12H2,(H,36,37). The second kappa shape index (κ2) is 9.92. The Morgan fingerprint density at radius 2 is 1.51 bits per heavy atom. The van der Waals surface area contributed by atoms with E-state index in [1.165, 1.54) is 47.1 Å². The van der Waals surface area contributed by atoms with Crippen LogP contribution in [0.5, 0.6) is 0 Å². The molecule has 1 aromatic heterocycles. The Kier molecular flexibility index (Phi) is 7.05. The lowest BCUT2D eigenvalue weighted by molar-refractivity contribution is -0.138. The first-order valence-corrected chi connectivity index (χ1v) is 11.3. The summed E-state index contributed by atoms with van der Waals surface area (Å²) in [5.74, 6) is -1.12. The molecule has 3 aromatic carbocycles. The van der Waals surface area contributed by atoms with Gasteiger partial charge in [-0.3, -0.25) is 0 Å². The number of hydrogen-bond donors (Lipinski definition) is 2. The fourth-order valence-corrected chi connectivity index (χ4v) is 4.03. The lowest BCUT2D eigenvalue weighted by Crippen LogP contribution is -2.07. The molecule has 0 aliphatic heterocycles. The minimum atomic E-state index is -4.56. The van der Waals surface area contributed by atoms with Gasteiger partial charge in [0.25, 0.3) is 0 Å². The third kappa shape index (κ3) is 6.13. The molecular formula is C25H16BrF6N3O2. The second-order valence-corrected chi connectivity index (χ2v) is 8.87. The SMILES string of the molecule is O=C(O)c1ccc(-n2cc(CNc3cc(Br)cc(C(F)(F)F)c3)c(-c3ccc(C(F)(F)F)cc3)n2)cc1. The van der Waals surface area contributed by atoms with Crippen LogP contribution in [0.25, 0.3) is 16.9 Å². The van der Waals surface area contributed by atoms with Gasteiger partial charge in [0, 0.05) is 34.0 Å². The summed E-state index contributed by atoms with van der Waals surface area (Å²) in [5.41, 5.74) is 0.136. The first-order valence-electron chi connectivity index (χ1n) is 10.5. The smallest absolute Gasteiger partial charge is 0.416 e. The molecule has 0 bridgehead atoms. The Bertz CT molecular complexity index is 1430. The van der Waals surface area contributed by atoms with Crippen LogP contribution in [0.1, 0.15) is 27.0 Å². The molecule has 0 aliphatic rings. The molecule has 0 aliphatic carbocycles. The number of carboxylic acids is 1. The van der Waals surface area contributed by atoms with Gasteiger partial charge in [-0.1, -0.05) is 28.1 Å². The van der Waals surface area contributed by atoms with E-state index in [4.69, 9.17) is 5.11 Å². The van der Waals surface area contributed by atoms with Gasteiger partial charge in [0.15, 0.2) is 0 Å². The van der Waals surface area contributed by atoms with E-state index in [2.05, 4.69) is 26.3 Å². The van der Waals surface area contributed by atoms with Gasteiger partial charge >= 0.3 is 18.3 Å². The maximum absolute atomic E-state index is 13.2. The van der Waals surface area contributed by atoms with Crippen LogP contribution >= 0.6 is 15.9 Å². The van der Waals surface area contributed by atoms with E-state index in [0.717, 1.165) is 24.3 Å². The van der Waals surface area contributed by atoms with Crippen molar-refractivity contribution >= 4 is 27.6 Å². The summed E-state index contributed by atoms with van der Waals surface area (Å²) in [5, 5.41) is 16.5. The van der Waals surface area contributed by atoms with Crippen molar-refractivity contribution in [2.45, 2.75) is 18.9 Å². The molecule has 0 amide bonds. The molecule has 4 aromatic rings. The highest BCUT2D eigenvalue weighted by Crippen LogP contribution is 2.35. The van der Waals surface area contributed by atoms with Gasteiger partial charge in [0.2, 0.25) is 0 Å². The van der Waals surface area contributed by atoms with Gasteiger partial charge < -0.3 is 10.4 Å². The first kappa shape index (κ1) is 26.3. The Hall–Kier alpha value is -3.80. The summed E-state index contributed by atoms with van der Waals surface area (Å²) in [7, 11) is 0. The summed E-state index contributed by atoms with van der Waals surface area (Å²) in [6.45, 7) is -0.00266. The molecular weight excluding hydrogens is 568 g/mol. The minimum absolute atomic E-state index is 0.00266. The summed E-state index contributed by atoms with van der Waals surface area (Å²) in [6.07, 6.45) is -7.51. The Morgan fingerprint density at radius 3 is 2.08 bits per heavy atom. The van der Waals surface area contributed by atoms with Crippen molar-refractivity contribution in [3.8, 4) is 16.9 Å². The quantitative estimate of drug-likeness (QED) is 0.229. The predicted octanol–water partition coefficient (Wildman–Crippen LogP) is 7.65. The molecule has 0 saturated heterocycles. The minimum Gasteiger partial charge on any atom is -0.478 e. The van der Waals surface area contributed by atoms with Crippen molar-refractivity contribution < 1.29 is 36.2 Å². The number of hydrogen-bond acceptors (Lipinski definition) is 3. The lowest BCUT2D eigenvalue weighted by atomic mass is 10.1. The van der Waals surface area contributed by atoms with Crippen LogP contribution in [0, 0.1) is 0 Å². The zero-order valence-electron chi connectivity index (χ0n) is 18.5. The van der Waals surface area contributed by atoms with Crippen molar-refractivity contribution in [1.29, 1.82) is 0 Å². The molecule has 1 heterocycles. The number of aromatic nitrogens is 2. The van der Waals surface area contributed by atoms with E-state index in [1.807, 2.05) is 0 Å². The number of alkyl halides is 6. The number of aromatic carboxylic acids is 1. The van der Waals surface area contributed by atoms with Crippen LogP contribution in [-0.4, -0.2) is 20.9 Å². The van der Waals surface area contributed by atoms with Crippen LogP contribution in [0.3, 0.4) is 0 Å². The van der Waals surface area contributed by atoms with E-state index in [9.17, 15) is 31.1 Å². The largest absolute Gasteiger partial charge is 0.478 e. The van der Waals surface area contributed by atoms with Crippen LogP contribution < -0.4 is 5.32 Å². The van der Waals surface area contributed by atoms with Crippen LogP contribution in [0.2, 0.25) is 0 Å². The molecule has 0 spiro atoms. The number of anilines is 1. The first-order chi connectivity index (χ1) is 17.3. The normalized spacial score (nSPS) is 12.0. The van der Waals surface area contributed by atoms with Crippen LogP contribution in [-0.2, 0) is 18.9 Å². The van der Waals surface area contributed by atoms with Crippen molar-refractivity contribution in [2.24, 2.45) is 0 Å². The topological polar surface area (TPSA) is 67.2 Å². The molecule has 2 N–H and O–H groups in total. The van der Waals surface area contributed by atoms with Crippen molar-refractivity contribution in [2.75, 3.05) is 5.32 Å². The second-order valence-electron chi connectivity index (χ2n) is 7.95. The van der Waals surface area contributed by atoms with Gasteiger partial charge in [0.1, 0.15) is 0 Å². The van der Waals surface area contributed by atoms with Gasteiger partial charge in [0.05, 0.1) is 28.1 Å². The molecule has 5 nitrogen and oxygen atoms in total. The zero-order chi connectivity index (χ0) is 27.0. The number of carboxylic acid groups (broad SMARTS) is 1. The number of rotatable bonds is 6. The molecule has 0 atom stereocenters. The molecule has 0 fully saturated rings. The van der Waals surface area contributed by atoms with Crippen molar-refractivity contribution in [3.05, 3.63) is 99.7 Å². The maximum atomic E-state index is 13.2. The highest BCUT2D eigenvalue weighted by molar-refractivity contribution is 9.10. The monoisotopic (exact) mass is 583 g/mol. The Balaban J connectivity index is 1.71. The molecule has 0 radical (unpaired) electrons. The molecule has 4 rings (SSSR count). The van der Waals surface area contributed by atoms with Gasteiger partial charge in [-0.15, -0.1) is 0 Å². The zero-order valence-corrected chi connectivity index (χ0v) is 20.1. The van der Waals surface area contributed by atoms with Gasteiger partial charge in [-0.05, 0) is 54.6 Å². The average Bonchev–Trinajstić information content (AvgIpc) is 3.26. The number of halogens is 7. The number of nitrogens with one attached hydrogen (secondary N) is 1. The fourth-order valence-electron chi connectivity index (χ4n) is 3.54. The van der Waals surface area contributed by atoms with E-state index in [-0.39, 0.29) is 22.3 Å². The Morgan fingerprint density at radius 1 is 0.892 bits per heavy atom. The van der Waals surface area contributed by atoms with Crippen LogP contribution in [0.15, 0.2) is 77.4 Å². The summed E-state index contributed by atoms with van der Waals surface area (Å²) in [6, 6.07) is 13.4. The molecule has 192 valence electrons. The predicted molar refractivity (Wildman–Crippen MR) is 127 cm³/mol. The van der Waals surface area contributed by atoms with Crippen molar-refractivity contribution in [3.63, 3.8) is 0 Å². The maximum Gasteiger partial charge on any atom is 0.416 e. The van der Waals surface area contributed by atoms with E-state index < -0.39 is 29.4 Å². The van der Waals surface area contributed by atoms with Gasteiger partial charge in [-0.2, -0.15) is 31.4 Å². The lowest BCUT2D eigenvalue weighted by Gasteiger charge is -2.12. The number of benzene rings is 3. The highest BCUT2D eigenvalue weighted by Gasteiger charge is 2.31. The Labute approximate surface area is 214 Å². The van der Waals surface area contributed by atoms with E-state index in [1.54, 1.807) is 6.20 Å². The van der Waals surface area contributed by atoms with E-state index in [0.29, 0.717) is 22.5 Å². The summed E-state index contributed by atoms with van der Waals surface area (Å²) < 4.78 is 80.3. The van der Waals surface area contributed by atoms with Crippen LogP contribution in [0.4, 0.5) is 32.0 Å². The molecule has 0 unspecified atom stereocenters. The summed E-state index contributed by atoms with van der Waals surface area (Å²) in [4.78, 5) is 11.1. The number of nitrogens with zero attached hydrogens (tertiary/aromatic N) is 2. The molecule has 37 heavy (non-hydrogen) atoms. The third-order valence-corrected chi connectivity index (χ3v) is 5.82. The van der Waals surface area contributed by atoms with Gasteiger partial charge in [-0.25, -0.2) is 9.48 Å². The molecule has 0 saturated carbocycles. The average molecular weight is 584 g/mol. The number of carbonyl (C=O) groups is 1. The summed E-state index contributed by atoms with van der Waals surface area (Å²) >= 11 is 3.07. The fraction of sp³-hybridized carbons (Fsp3) is 0.120. The van der Waals surface area contributed by atoms with Crippen molar-refractivity contribution in [1.82, 2.24) is 9.78 Å². The third-order valence-electron chi connectivity index (χ3n) is 5.36. The molecule has 12 heteroatoms. The van der Waals surface area contributed by atoms with E-state index >= 15 is 0 Å². The highest BCUT2D eigenvalue weighted by atomic mass is 79.9.